The first-order valence-electron chi connectivity index (χ1n) is 7.56. The standard InChI is InChI=1S/C14H25N3O3/c15-13(17-19)14(7-3-1-2-4-8-14)16-12(18)11-5-9-20-10-6-11/h11,19H,1-10H2,(H2,15,17)(H,16,18). The monoisotopic (exact) mass is 283 g/mol. The van der Waals surface area contributed by atoms with Gasteiger partial charge in [0.05, 0.1) is 0 Å². The van der Waals surface area contributed by atoms with Crippen LogP contribution in [0.3, 0.4) is 0 Å². The first-order valence-corrected chi connectivity index (χ1v) is 7.56. The number of amidine groups is 1. The van der Waals surface area contributed by atoms with Crippen molar-refractivity contribution in [3.05, 3.63) is 0 Å². The molecule has 1 amide bonds. The number of carbonyl (C=O) groups is 1. The SMILES string of the molecule is NC(=NO)C1(NC(=O)C2CCOCC2)CCCCCC1. The molecule has 0 atom stereocenters. The second-order valence-electron chi connectivity index (χ2n) is 5.86. The van der Waals surface area contributed by atoms with Gasteiger partial charge in [-0.15, -0.1) is 0 Å². The van der Waals surface area contributed by atoms with Gasteiger partial charge in [-0.3, -0.25) is 4.79 Å². The van der Waals surface area contributed by atoms with E-state index in [0.717, 1.165) is 51.4 Å². The van der Waals surface area contributed by atoms with Crippen molar-refractivity contribution in [3.8, 4) is 0 Å². The highest BCUT2D eigenvalue weighted by Crippen LogP contribution is 2.28. The minimum absolute atomic E-state index is 0.0156. The number of carbonyl (C=O) groups excluding carboxylic acids is 1. The molecule has 1 heterocycles. The van der Waals surface area contributed by atoms with E-state index in [1.54, 1.807) is 0 Å². The molecule has 0 unspecified atom stereocenters. The Balaban J connectivity index is 2.08. The molecule has 0 aromatic heterocycles. The summed E-state index contributed by atoms with van der Waals surface area (Å²) in [5.41, 5.74) is 5.22. The molecule has 4 N–H and O–H groups in total. The number of nitrogens with one attached hydrogen (secondary N) is 1. The van der Waals surface area contributed by atoms with Crippen LogP contribution in [0.5, 0.6) is 0 Å². The summed E-state index contributed by atoms with van der Waals surface area (Å²) in [6.45, 7) is 1.27. The van der Waals surface area contributed by atoms with Gasteiger partial charge in [0.2, 0.25) is 5.91 Å². The van der Waals surface area contributed by atoms with Crippen molar-refractivity contribution in [1.82, 2.24) is 5.32 Å². The molecule has 0 aromatic rings. The Morgan fingerprint density at radius 1 is 1.20 bits per heavy atom. The highest BCUT2D eigenvalue weighted by Gasteiger charge is 2.38. The highest BCUT2D eigenvalue weighted by molar-refractivity contribution is 5.94. The van der Waals surface area contributed by atoms with Crippen LogP contribution in [-0.4, -0.2) is 35.7 Å². The molecular formula is C14H25N3O3. The van der Waals surface area contributed by atoms with Crippen molar-refractivity contribution >= 4 is 11.7 Å². The van der Waals surface area contributed by atoms with Crippen LogP contribution in [0.2, 0.25) is 0 Å². The van der Waals surface area contributed by atoms with Crippen molar-refractivity contribution in [2.75, 3.05) is 13.2 Å². The minimum Gasteiger partial charge on any atom is -0.409 e. The van der Waals surface area contributed by atoms with E-state index >= 15 is 0 Å². The lowest BCUT2D eigenvalue weighted by molar-refractivity contribution is -0.129. The maximum Gasteiger partial charge on any atom is 0.224 e. The average Bonchev–Trinajstić information content (AvgIpc) is 2.74. The Bertz CT molecular complexity index is 357. The Labute approximate surface area is 119 Å². The van der Waals surface area contributed by atoms with E-state index in [0.29, 0.717) is 13.2 Å². The molecular weight excluding hydrogens is 258 g/mol. The third-order valence-corrected chi connectivity index (χ3v) is 4.51. The first kappa shape index (κ1) is 15.1. The van der Waals surface area contributed by atoms with E-state index in [2.05, 4.69) is 10.5 Å². The predicted molar refractivity (Wildman–Crippen MR) is 75.5 cm³/mol. The quantitative estimate of drug-likeness (QED) is 0.239. The van der Waals surface area contributed by atoms with E-state index in [-0.39, 0.29) is 17.7 Å². The zero-order chi connectivity index (χ0) is 14.4. The third kappa shape index (κ3) is 3.42. The molecule has 1 aliphatic carbocycles. The predicted octanol–water partition coefficient (Wildman–Crippen LogP) is 1.37. The van der Waals surface area contributed by atoms with Gasteiger partial charge in [0.1, 0.15) is 5.54 Å². The van der Waals surface area contributed by atoms with Crippen molar-refractivity contribution in [2.24, 2.45) is 16.8 Å². The highest BCUT2D eigenvalue weighted by atomic mass is 16.5. The van der Waals surface area contributed by atoms with Crippen LogP contribution < -0.4 is 11.1 Å². The van der Waals surface area contributed by atoms with Gasteiger partial charge in [-0.2, -0.15) is 0 Å². The van der Waals surface area contributed by atoms with Gasteiger partial charge >= 0.3 is 0 Å². The lowest BCUT2D eigenvalue weighted by Gasteiger charge is -2.34. The van der Waals surface area contributed by atoms with Crippen LogP contribution in [0.15, 0.2) is 5.16 Å². The molecule has 114 valence electrons. The van der Waals surface area contributed by atoms with E-state index in [9.17, 15) is 4.79 Å². The smallest absolute Gasteiger partial charge is 0.224 e. The maximum atomic E-state index is 12.4. The van der Waals surface area contributed by atoms with Gasteiger partial charge in [-0.05, 0) is 25.7 Å². The fourth-order valence-electron chi connectivity index (χ4n) is 3.17. The van der Waals surface area contributed by atoms with Crippen molar-refractivity contribution in [3.63, 3.8) is 0 Å². The number of hydrogen-bond donors (Lipinski definition) is 3. The second-order valence-corrected chi connectivity index (χ2v) is 5.86. The van der Waals surface area contributed by atoms with E-state index in [4.69, 9.17) is 15.7 Å². The molecule has 0 aromatic carbocycles. The second kappa shape index (κ2) is 6.92. The summed E-state index contributed by atoms with van der Waals surface area (Å²) < 4.78 is 5.29. The zero-order valence-corrected chi connectivity index (χ0v) is 11.9. The van der Waals surface area contributed by atoms with Gasteiger partial charge < -0.3 is 21.0 Å². The maximum absolute atomic E-state index is 12.4. The molecule has 2 rings (SSSR count). The fourth-order valence-corrected chi connectivity index (χ4v) is 3.17. The van der Waals surface area contributed by atoms with Crippen LogP contribution >= 0.6 is 0 Å². The van der Waals surface area contributed by atoms with Crippen LogP contribution in [-0.2, 0) is 9.53 Å². The molecule has 2 fully saturated rings. The zero-order valence-electron chi connectivity index (χ0n) is 11.9. The first-order chi connectivity index (χ1) is 9.68. The van der Waals surface area contributed by atoms with Crippen LogP contribution in [0.4, 0.5) is 0 Å². The van der Waals surface area contributed by atoms with Crippen LogP contribution in [0, 0.1) is 5.92 Å². The summed E-state index contributed by atoms with van der Waals surface area (Å²) in [6.07, 6.45) is 7.24. The summed E-state index contributed by atoms with van der Waals surface area (Å²) in [4.78, 5) is 12.4. The van der Waals surface area contributed by atoms with Gasteiger partial charge in [0.25, 0.3) is 0 Å². The Kier molecular flexibility index (Phi) is 5.23. The number of nitrogens with two attached hydrogens (primary N) is 1. The van der Waals surface area contributed by atoms with Gasteiger partial charge in [-0.1, -0.05) is 30.8 Å². The normalized spacial score (nSPS) is 24.9. The molecule has 0 spiro atoms. The largest absolute Gasteiger partial charge is 0.409 e. The Hall–Kier alpha value is -1.30. The Morgan fingerprint density at radius 2 is 1.80 bits per heavy atom. The number of nitrogens with zero attached hydrogens (tertiary/aromatic N) is 1. The van der Waals surface area contributed by atoms with E-state index < -0.39 is 5.54 Å². The van der Waals surface area contributed by atoms with Gasteiger partial charge in [0.15, 0.2) is 5.84 Å². The van der Waals surface area contributed by atoms with Gasteiger partial charge in [0, 0.05) is 19.1 Å². The van der Waals surface area contributed by atoms with Crippen molar-refractivity contribution in [1.29, 1.82) is 0 Å². The lowest BCUT2D eigenvalue weighted by atomic mass is 9.87. The van der Waals surface area contributed by atoms with Crippen LogP contribution in [0.1, 0.15) is 51.4 Å². The topological polar surface area (TPSA) is 96.9 Å². The lowest BCUT2D eigenvalue weighted by Crippen LogP contribution is -2.58. The molecule has 1 saturated carbocycles. The molecule has 6 heteroatoms. The number of hydrogen-bond acceptors (Lipinski definition) is 4. The van der Waals surface area contributed by atoms with E-state index in [1.807, 2.05) is 0 Å². The fraction of sp³-hybridized carbons (Fsp3) is 0.857. The van der Waals surface area contributed by atoms with Crippen molar-refractivity contribution in [2.45, 2.75) is 56.9 Å². The number of ether oxygens (including phenoxy) is 1. The van der Waals surface area contributed by atoms with Crippen molar-refractivity contribution < 1.29 is 14.7 Å². The summed E-state index contributed by atoms with van der Waals surface area (Å²) in [5.74, 6) is 0.136. The third-order valence-electron chi connectivity index (χ3n) is 4.51. The molecule has 6 nitrogen and oxygen atoms in total. The summed E-state index contributed by atoms with van der Waals surface area (Å²) in [6, 6.07) is 0. The molecule has 0 radical (unpaired) electrons. The summed E-state index contributed by atoms with van der Waals surface area (Å²) >= 11 is 0. The Morgan fingerprint density at radius 3 is 2.35 bits per heavy atom. The molecule has 1 saturated heterocycles. The molecule has 1 aliphatic heterocycles. The minimum atomic E-state index is -0.666. The molecule has 0 bridgehead atoms. The number of rotatable bonds is 3. The van der Waals surface area contributed by atoms with Gasteiger partial charge in [-0.25, -0.2) is 0 Å². The van der Waals surface area contributed by atoms with Crippen LogP contribution in [0.25, 0.3) is 0 Å². The number of oxime groups is 1. The molecule has 20 heavy (non-hydrogen) atoms. The summed E-state index contributed by atoms with van der Waals surface area (Å²) in [5, 5.41) is 15.3. The average molecular weight is 283 g/mol. The summed E-state index contributed by atoms with van der Waals surface area (Å²) in [7, 11) is 0. The number of amides is 1. The van der Waals surface area contributed by atoms with E-state index in [1.165, 1.54) is 0 Å². The molecule has 2 aliphatic rings.